The van der Waals surface area contributed by atoms with Gasteiger partial charge in [0, 0.05) is 10.1 Å². The highest BCUT2D eigenvalue weighted by Crippen LogP contribution is 2.37. The zero-order valence-corrected chi connectivity index (χ0v) is 11.2. The summed E-state index contributed by atoms with van der Waals surface area (Å²) in [7, 11) is 0. The predicted octanol–water partition coefficient (Wildman–Crippen LogP) is 4.19. The van der Waals surface area contributed by atoms with Crippen molar-refractivity contribution in [3.63, 3.8) is 0 Å². The van der Waals surface area contributed by atoms with Gasteiger partial charge in [-0.3, -0.25) is 0 Å². The number of carboxylic acid groups (broad SMARTS) is 1. The number of carboxylic acids is 1. The van der Waals surface area contributed by atoms with E-state index in [4.69, 9.17) is 5.11 Å². The Morgan fingerprint density at radius 3 is 2.89 bits per heavy atom. The summed E-state index contributed by atoms with van der Waals surface area (Å²) >= 11 is 1.49. The van der Waals surface area contributed by atoms with E-state index in [1.54, 1.807) is 0 Å². The normalized spacial score (nSPS) is 23.9. The lowest BCUT2D eigenvalue weighted by Gasteiger charge is -2.26. The number of hydrogen-bond acceptors (Lipinski definition) is 2. The molecule has 98 valence electrons. The van der Waals surface area contributed by atoms with Gasteiger partial charge >= 0.3 is 5.97 Å². The minimum atomic E-state index is -1.01. The Kier molecular flexibility index (Phi) is 4.27. The van der Waals surface area contributed by atoms with E-state index in [1.165, 1.54) is 42.8 Å². The van der Waals surface area contributed by atoms with Crippen molar-refractivity contribution in [3.05, 3.63) is 29.6 Å². The Morgan fingerprint density at radius 1 is 1.44 bits per heavy atom. The summed E-state index contributed by atoms with van der Waals surface area (Å²) in [5.74, 6) is -0.640. The quantitative estimate of drug-likeness (QED) is 0.893. The van der Waals surface area contributed by atoms with E-state index in [9.17, 15) is 9.18 Å². The summed E-state index contributed by atoms with van der Waals surface area (Å²) in [6.07, 6.45) is 4.60. The molecule has 0 saturated heterocycles. The first-order valence-corrected chi connectivity index (χ1v) is 7.13. The van der Waals surface area contributed by atoms with Crippen LogP contribution in [-0.2, 0) is 0 Å². The Balaban J connectivity index is 2.12. The predicted molar refractivity (Wildman–Crippen MR) is 70.6 cm³/mol. The summed E-state index contributed by atoms with van der Waals surface area (Å²) in [4.78, 5) is 11.3. The molecule has 1 N–H and O–H groups in total. The molecule has 4 heteroatoms. The van der Waals surface area contributed by atoms with Gasteiger partial charge in [0.15, 0.2) is 0 Å². The second-order valence-corrected chi connectivity index (χ2v) is 6.30. The third kappa shape index (κ3) is 3.25. The molecule has 1 aliphatic carbocycles. The summed E-state index contributed by atoms with van der Waals surface area (Å²) in [6.45, 7) is 2.22. The fourth-order valence-corrected chi connectivity index (χ4v) is 3.84. The molecule has 0 heterocycles. The van der Waals surface area contributed by atoms with Crippen LogP contribution in [0, 0.1) is 11.7 Å². The van der Waals surface area contributed by atoms with Crippen LogP contribution in [0.3, 0.4) is 0 Å². The summed E-state index contributed by atoms with van der Waals surface area (Å²) in [6, 6.07) is 4.00. The van der Waals surface area contributed by atoms with Crippen molar-refractivity contribution in [3.8, 4) is 0 Å². The molecular formula is C14H17FO2S. The number of thioether (sulfide) groups is 1. The van der Waals surface area contributed by atoms with E-state index in [2.05, 4.69) is 6.92 Å². The van der Waals surface area contributed by atoms with Crippen molar-refractivity contribution < 1.29 is 14.3 Å². The lowest BCUT2D eigenvalue weighted by Crippen LogP contribution is -2.15. The van der Waals surface area contributed by atoms with Gasteiger partial charge in [-0.15, -0.1) is 11.8 Å². The minimum absolute atomic E-state index is 0.155. The van der Waals surface area contributed by atoms with Crippen LogP contribution in [0.15, 0.2) is 23.1 Å². The van der Waals surface area contributed by atoms with Crippen LogP contribution in [0.2, 0.25) is 0 Å². The molecule has 1 aromatic rings. The number of benzene rings is 1. The highest BCUT2D eigenvalue weighted by molar-refractivity contribution is 8.00. The van der Waals surface area contributed by atoms with Crippen molar-refractivity contribution in [2.45, 2.75) is 42.8 Å². The molecule has 0 aliphatic heterocycles. The first kappa shape index (κ1) is 13.4. The topological polar surface area (TPSA) is 37.3 Å². The smallest absolute Gasteiger partial charge is 0.335 e. The SMILES string of the molecule is CC1CCCC(Sc2cc(C(=O)O)ccc2F)C1. The third-order valence-electron chi connectivity index (χ3n) is 3.36. The molecule has 0 bridgehead atoms. The summed E-state index contributed by atoms with van der Waals surface area (Å²) in [5, 5.41) is 9.33. The van der Waals surface area contributed by atoms with Crippen molar-refractivity contribution >= 4 is 17.7 Å². The Labute approximate surface area is 111 Å². The molecule has 0 spiro atoms. The molecule has 2 unspecified atom stereocenters. The second-order valence-electron chi connectivity index (χ2n) is 4.96. The maximum Gasteiger partial charge on any atom is 0.335 e. The molecule has 0 amide bonds. The van der Waals surface area contributed by atoms with Crippen molar-refractivity contribution in [2.24, 2.45) is 5.92 Å². The van der Waals surface area contributed by atoms with Crippen molar-refractivity contribution in [1.82, 2.24) is 0 Å². The maximum absolute atomic E-state index is 13.7. The number of halogens is 1. The average molecular weight is 268 g/mol. The zero-order valence-electron chi connectivity index (χ0n) is 10.4. The van der Waals surface area contributed by atoms with Crippen molar-refractivity contribution in [2.75, 3.05) is 0 Å². The van der Waals surface area contributed by atoms with E-state index < -0.39 is 5.97 Å². The second kappa shape index (κ2) is 5.74. The van der Waals surface area contributed by atoms with Crippen LogP contribution in [0.25, 0.3) is 0 Å². The Bertz CT molecular complexity index is 447. The van der Waals surface area contributed by atoms with Gasteiger partial charge in [-0.2, -0.15) is 0 Å². The van der Waals surface area contributed by atoms with Crippen LogP contribution in [0.1, 0.15) is 43.0 Å². The molecule has 1 aliphatic rings. The van der Waals surface area contributed by atoms with Gasteiger partial charge in [0.2, 0.25) is 0 Å². The molecule has 0 radical (unpaired) electrons. The van der Waals surface area contributed by atoms with Gasteiger partial charge in [-0.1, -0.05) is 19.8 Å². The molecule has 18 heavy (non-hydrogen) atoms. The molecule has 2 nitrogen and oxygen atoms in total. The highest BCUT2D eigenvalue weighted by atomic mass is 32.2. The molecule has 0 aromatic heterocycles. The zero-order chi connectivity index (χ0) is 13.1. The highest BCUT2D eigenvalue weighted by Gasteiger charge is 2.21. The lowest BCUT2D eigenvalue weighted by molar-refractivity contribution is 0.0696. The van der Waals surface area contributed by atoms with E-state index in [0.717, 1.165) is 12.8 Å². The summed E-state index contributed by atoms with van der Waals surface area (Å²) in [5.41, 5.74) is 0.155. The Morgan fingerprint density at radius 2 is 2.22 bits per heavy atom. The number of hydrogen-bond donors (Lipinski definition) is 1. The number of rotatable bonds is 3. The van der Waals surface area contributed by atoms with Crippen LogP contribution >= 0.6 is 11.8 Å². The van der Waals surface area contributed by atoms with Crippen LogP contribution < -0.4 is 0 Å². The molecular weight excluding hydrogens is 251 g/mol. The average Bonchev–Trinajstić information content (AvgIpc) is 2.31. The molecule has 2 rings (SSSR count). The largest absolute Gasteiger partial charge is 0.478 e. The van der Waals surface area contributed by atoms with Crippen molar-refractivity contribution in [1.29, 1.82) is 0 Å². The van der Waals surface area contributed by atoms with Gasteiger partial charge in [0.25, 0.3) is 0 Å². The van der Waals surface area contributed by atoms with Gasteiger partial charge in [-0.05, 0) is 37.0 Å². The monoisotopic (exact) mass is 268 g/mol. The van der Waals surface area contributed by atoms with Gasteiger partial charge in [0.1, 0.15) is 5.82 Å². The molecule has 1 aromatic carbocycles. The molecule has 1 fully saturated rings. The standard InChI is InChI=1S/C14H17FO2S/c1-9-3-2-4-11(7-9)18-13-8-10(14(16)17)5-6-12(13)15/h5-6,8-9,11H,2-4,7H2,1H3,(H,16,17). The van der Waals surface area contributed by atoms with E-state index in [-0.39, 0.29) is 11.4 Å². The lowest BCUT2D eigenvalue weighted by atomic mass is 9.91. The maximum atomic E-state index is 13.7. The van der Waals surface area contributed by atoms with Crippen LogP contribution in [0.5, 0.6) is 0 Å². The fourth-order valence-electron chi connectivity index (χ4n) is 2.39. The number of carbonyl (C=O) groups is 1. The van der Waals surface area contributed by atoms with Gasteiger partial charge in [0.05, 0.1) is 5.56 Å². The van der Waals surface area contributed by atoms with Crippen LogP contribution in [0.4, 0.5) is 4.39 Å². The summed E-state index contributed by atoms with van der Waals surface area (Å²) < 4.78 is 13.7. The first-order valence-electron chi connectivity index (χ1n) is 6.25. The number of aromatic carboxylic acids is 1. The fraction of sp³-hybridized carbons (Fsp3) is 0.500. The minimum Gasteiger partial charge on any atom is -0.478 e. The Hall–Kier alpha value is -1.03. The van der Waals surface area contributed by atoms with Gasteiger partial charge in [-0.25, -0.2) is 9.18 Å². The van der Waals surface area contributed by atoms with E-state index in [0.29, 0.717) is 16.1 Å². The van der Waals surface area contributed by atoms with E-state index >= 15 is 0 Å². The van der Waals surface area contributed by atoms with E-state index in [1.807, 2.05) is 0 Å². The van der Waals surface area contributed by atoms with Gasteiger partial charge < -0.3 is 5.11 Å². The molecule has 1 saturated carbocycles. The molecule has 2 atom stereocenters. The third-order valence-corrected chi connectivity index (χ3v) is 4.69. The first-order chi connectivity index (χ1) is 8.56. The van der Waals surface area contributed by atoms with Crippen LogP contribution in [-0.4, -0.2) is 16.3 Å².